The van der Waals surface area contributed by atoms with Gasteiger partial charge in [-0.05, 0) is 52.2 Å². The molecule has 1 aromatic rings. The molecule has 1 fully saturated rings. The number of nitrogens with zero attached hydrogens (tertiary/aromatic N) is 1. The summed E-state index contributed by atoms with van der Waals surface area (Å²) in [7, 11) is 0. The first-order valence-electron chi connectivity index (χ1n) is 8.25. The molecule has 1 unspecified atom stereocenters. The van der Waals surface area contributed by atoms with E-state index in [1.54, 1.807) is 0 Å². The molecule has 2 atom stereocenters. The van der Waals surface area contributed by atoms with Gasteiger partial charge in [-0.15, -0.1) is 0 Å². The predicted octanol–water partition coefficient (Wildman–Crippen LogP) is 4.39. The van der Waals surface area contributed by atoms with Crippen LogP contribution in [0, 0.1) is 0 Å². The summed E-state index contributed by atoms with van der Waals surface area (Å²) in [6, 6.07) is 8.17. The lowest BCUT2D eigenvalue weighted by molar-refractivity contribution is 0.0225. The summed E-state index contributed by atoms with van der Waals surface area (Å²) in [5, 5.41) is 4.26. The van der Waals surface area contributed by atoms with Crippen molar-refractivity contribution in [3.05, 3.63) is 34.9 Å². The fourth-order valence-corrected chi connectivity index (χ4v) is 3.16. The van der Waals surface area contributed by atoms with Crippen molar-refractivity contribution >= 4 is 17.7 Å². The number of hydrogen-bond acceptors (Lipinski definition) is 3. The van der Waals surface area contributed by atoms with Gasteiger partial charge in [-0.1, -0.05) is 29.8 Å². The molecule has 0 saturated carbocycles. The fraction of sp³-hybridized carbons (Fsp3) is 0.611. The second-order valence-electron chi connectivity index (χ2n) is 7.12. The Labute approximate surface area is 144 Å². The molecule has 0 aromatic heterocycles. The van der Waals surface area contributed by atoms with Crippen LogP contribution in [-0.4, -0.2) is 35.7 Å². The van der Waals surface area contributed by atoms with Crippen LogP contribution >= 0.6 is 11.6 Å². The number of ether oxygens (including phenoxy) is 1. The number of rotatable bonds is 4. The third-order valence-corrected chi connectivity index (χ3v) is 4.38. The van der Waals surface area contributed by atoms with Gasteiger partial charge < -0.3 is 15.0 Å². The Bertz CT molecular complexity index is 542. The van der Waals surface area contributed by atoms with E-state index >= 15 is 0 Å². The van der Waals surface area contributed by atoms with Crippen LogP contribution in [0.1, 0.15) is 52.1 Å². The quantitative estimate of drug-likeness (QED) is 0.885. The number of benzene rings is 1. The molecule has 1 N–H and O–H groups in total. The zero-order valence-corrected chi connectivity index (χ0v) is 15.2. The standard InChI is InChI=1S/C18H27ClN2O2/c1-13(15-9-5-6-10-16(15)19)20-12-14-8-7-11-21(14)17(22)23-18(2,3)4/h5-6,9-10,13-14,20H,7-8,11-12H2,1-4H3/t13-,14?/m1/s1. The number of likely N-dealkylation sites (tertiary alicyclic amines) is 1. The lowest BCUT2D eigenvalue weighted by Gasteiger charge is -2.29. The van der Waals surface area contributed by atoms with Crippen molar-refractivity contribution in [1.82, 2.24) is 10.2 Å². The first kappa shape index (κ1) is 18.1. The Hall–Kier alpha value is -1.26. The van der Waals surface area contributed by atoms with Crippen molar-refractivity contribution in [2.45, 2.75) is 58.2 Å². The van der Waals surface area contributed by atoms with Crippen molar-refractivity contribution in [2.75, 3.05) is 13.1 Å². The summed E-state index contributed by atoms with van der Waals surface area (Å²) in [4.78, 5) is 14.1. The summed E-state index contributed by atoms with van der Waals surface area (Å²) in [5.41, 5.74) is 0.624. The zero-order valence-electron chi connectivity index (χ0n) is 14.4. The molecule has 2 rings (SSSR count). The minimum Gasteiger partial charge on any atom is -0.444 e. The van der Waals surface area contributed by atoms with Crippen LogP contribution in [0.15, 0.2) is 24.3 Å². The molecule has 1 aromatic carbocycles. The minimum absolute atomic E-state index is 0.143. The molecule has 23 heavy (non-hydrogen) atoms. The number of amides is 1. The van der Waals surface area contributed by atoms with Gasteiger partial charge in [0.25, 0.3) is 0 Å². The summed E-state index contributed by atoms with van der Waals surface area (Å²) in [5.74, 6) is 0. The second kappa shape index (κ2) is 7.54. The third-order valence-electron chi connectivity index (χ3n) is 4.04. The van der Waals surface area contributed by atoms with Gasteiger partial charge >= 0.3 is 6.09 Å². The first-order valence-corrected chi connectivity index (χ1v) is 8.63. The van der Waals surface area contributed by atoms with Gasteiger partial charge in [0.2, 0.25) is 0 Å². The van der Waals surface area contributed by atoms with E-state index in [1.807, 2.05) is 49.9 Å². The van der Waals surface area contributed by atoms with E-state index in [1.165, 1.54) is 0 Å². The van der Waals surface area contributed by atoms with Crippen LogP contribution in [-0.2, 0) is 4.74 Å². The molecule has 1 saturated heterocycles. The van der Waals surface area contributed by atoms with Gasteiger partial charge in [0.05, 0.1) is 0 Å². The van der Waals surface area contributed by atoms with Gasteiger partial charge in [-0.2, -0.15) is 0 Å². The molecule has 5 heteroatoms. The highest BCUT2D eigenvalue weighted by molar-refractivity contribution is 6.31. The maximum atomic E-state index is 12.3. The van der Waals surface area contributed by atoms with E-state index in [0.29, 0.717) is 0 Å². The molecular weight excluding hydrogens is 312 g/mol. The Kier molecular flexibility index (Phi) is 5.93. The summed E-state index contributed by atoms with van der Waals surface area (Å²) in [6.45, 7) is 9.29. The van der Waals surface area contributed by atoms with Crippen LogP contribution in [0.25, 0.3) is 0 Å². The van der Waals surface area contributed by atoms with Gasteiger partial charge in [0.15, 0.2) is 0 Å². The van der Waals surface area contributed by atoms with E-state index in [0.717, 1.165) is 36.5 Å². The Morgan fingerprint density at radius 3 is 2.78 bits per heavy atom. The molecule has 0 radical (unpaired) electrons. The summed E-state index contributed by atoms with van der Waals surface area (Å²) >= 11 is 6.24. The van der Waals surface area contributed by atoms with E-state index < -0.39 is 5.60 Å². The van der Waals surface area contributed by atoms with Crippen molar-refractivity contribution in [2.24, 2.45) is 0 Å². The molecule has 0 bridgehead atoms. The molecule has 0 aliphatic carbocycles. The van der Waals surface area contributed by atoms with Crippen molar-refractivity contribution in [3.63, 3.8) is 0 Å². The number of carbonyl (C=O) groups is 1. The lowest BCUT2D eigenvalue weighted by Crippen LogP contribution is -2.44. The summed E-state index contributed by atoms with van der Waals surface area (Å²) < 4.78 is 5.50. The molecule has 1 heterocycles. The van der Waals surface area contributed by atoms with E-state index in [2.05, 4.69) is 12.2 Å². The average molecular weight is 339 g/mol. The largest absolute Gasteiger partial charge is 0.444 e. The zero-order chi connectivity index (χ0) is 17.0. The van der Waals surface area contributed by atoms with Crippen molar-refractivity contribution < 1.29 is 9.53 Å². The van der Waals surface area contributed by atoms with Crippen LogP contribution in [0.3, 0.4) is 0 Å². The van der Waals surface area contributed by atoms with Gasteiger partial charge in [0.1, 0.15) is 5.60 Å². The van der Waals surface area contributed by atoms with E-state index in [4.69, 9.17) is 16.3 Å². The van der Waals surface area contributed by atoms with Crippen molar-refractivity contribution in [3.8, 4) is 0 Å². The number of hydrogen-bond donors (Lipinski definition) is 1. The Morgan fingerprint density at radius 1 is 1.43 bits per heavy atom. The van der Waals surface area contributed by atoms with Crippen LogP contribution in [0.5, 0.6) is 0 Å². The topological polar surface area (TPSA) is 41.6 Å². The fourth-order valence-electron chi connectivity index (χ4n) is 2.86. The van der Waals surface area contributed by atoms with Gasteiger partial charge in [-0.25, -0.2) is 4.79 Å². The van der Waals surface area contributed by atoms with Gasteiger partial charge in [-0.3, -0.25) is 0 Å². The van der Waals surface area contributed by atoms with E-state index in [-0.39, 0.29) is 18.2 Å². The highest BCUT2D eigenvalue weighted by atomic mass is 35.5. The van der Waals surface area contributed by atoms with E-state index in [9.17, 15) is 4.79 Å². The minimum atomic E-state index is -0.456. The Balaban J connectivity index is 1.92. The summed E-state index contributed by atoms with van der Waals surface area (Å²) in [6.07, 6.45) is 1.81. The molecule has 1 aliphatic heterocycles. The SMILES string of the molecule is C[C@@H](NCC1CCCN1C(=O)OC(C)(C)C)c1ccccc1Cl. The molecule has 1 aliphatic rings. The third kappa shape index (κ3) is 5.11. The maximum absolute atomic E-state index is 12.3. The smallest absolute Gasteiger partial charge is 0.410 e. The van der Waals surface area contributed by atoms with Gasteiger partial charge in [0, 0.05) is 30.2 Å². The van der Waals surface area contributed by atoms with Crippen LogP contribution in [0.4, 0.5) is 4.79 Å². The molecule has 4 nitrogen and oxygen atoms in total. The van der Waals surface area contributed by atoms with Crippen molar-refractivity contribution in [1.29, 1.82) is 0 Å². The number of nitrogens with one attached hydrogen (secondary N) is 1. The second-order valence-corrected chi connectivity index (χ2v) is 7.53. The molecule has 1 amide bonds. The molecule has 128 valence electrons. The number of halogens is 1. The average Bonchev–Trinajstić information content (AvgIpc) is 2.92. The molecule has 0 spiro atoms. The van der Waals surface area contributed by atoms with Crippen LogP contribution in [0.2, 0.25) is 5.02 Å². The molecular formula is C18H27ClN2O2. The Morgan fingerprint density at radius 2 is 2.13 bits per heavy atom. The maximum Gasteiger partial charge on any atom is 0.410 e. The monoisotopic (exact) mass is 338 g/mol. The normalized spacial score (nSPS) is 19.7. The lowest BCUT2D eigenvalue weighted by atomic mass is 10.1. The highest BCUT2D eigenvalue weighted by Crippen LogP contribution is 2.24. The number of carbonyl (C=O) groups excluding carboxylic acids is 1. The first-order chi connectivity index (χ1) is 10.8. The predicted molar refractivity (Wildman–Crippen MR) is 93.8 cm³/mol. The van der Waals surface area contributed by atoms with Crippen LogP contribution < -0.4 is 5.32 Å². The highest BCUT2D eigenvalue weighted by Gasteiger charge is 2.32.